The van der Waals surface area contributed by atoms with Gasteiger partial charge in [0, 0.05) is 22.0 Å². The first-order chi connectivity index (χ1) is 13.9. The molecule has 0 aliphatic heterocycles. The molecule has 1 atom stereocenters. The molecule has 0 bridgehead atoms. The van der Waals surface area contributed by atoms with Crippen molar-refractivity contribution in [3.63, 3.8) is 0 Å². The summed E-state index contributed by atoms with van der Waals surface area (Å²) in [6.07, 6.45) is 0.723. The largest absolute Gasteiger partial charge is 0.463 e. The molecule has 152 valence electrons. The van der Waals surface area contributed by atoms with E-state index in [1.807, 2.05) is 49.4 Å². The van der Waals surface area contributed by atoms with Crippen LogP contribution in [0.4, 0.5) is 17.5 Å². The topological polar surface area (TPSA) is 110 Å². The molecule has 0 fully saturated rings. The van der Waals surface area contributed by atoms with Crippen LogP contribution < -0.4 is 11.1 Å². The highest BCUT2D eigenvalue weighted by Gasteiger charge is 2.09. The molecule has 2 aromatic carbocycles. The van der Waals surface area contributed by atoms with Crippen LogP contribution >= 0.6 is 15.9 Å². The van der Waals surface area contributed by atoms with Crippen LogP contribution in [0.3, 0.4) is 0 Å². The Balaban J connectivity index is 1.65. The second-order valence-electron chi connectivity index (χ2n) is 6.66. The summed E-state index contributed by atoms with van der Waals surface area (Å²) < 4.78 is 5.98. The summed E-state index contributed by atoms with van der Waals surface area (Å²) in [5, 5.41) is 13.4. The molecule has 1 heterocycles. The van der Waals surface area contributed by atoms with E-state index in [9.17, 15) is 9.90 Å². The Morgan fingerprint density at radius 1 is 1.28 bits per heavy atom. The van der Waals surface area contributed by atoms with Crippen molar-refractivity contribution >= 4 is 50.3 Å². The normalized spacial score (nSPS) is 12.0. The Morgan fingerprint density at radius 3 is 2.90 bits per heavy atom. The molecule has 7 nitrogen and oxygen atoms in total. The number of esters is 1. The van der Waals surface area contributed by atoms with Crippen LogP contribution in [0.5, 0.6) is 0 Å². The molecule has 0 amide bonds. The Labute approximate surface area is 177 Å². The van der Waals surface area contributed by atoms with Gasteiger partial charge in [0.05, 0.1) is 11.6 Å². The standard InChI is InChI=1S/C21H23BrN4O3/c1-2-16(27)12-29-19(28)9-6-13-4-3-5-15(10-13)24-21-25-18-8-7-14(22)11-17(18)20(23)26-21/h3-5,7-8,10-11,16,27H,2,6,9,12H2,1H3,(H3,23,24,25,26). The maximum Gasteiger partial charge on any atom is 0.306 e. The van der Waals surface area contributed by atoms with Crippen molar-refractivity contribution in [3.05, 3.63) is 52.5 Å². The van der Waals surface area contributed by atoms with Gasteiger partial charge >= 0.3 is 5.97 Å². The number of aliphatic hydroxyl groups excluding tert-OH is 1. The van der Waals surface area contributed by atoms with E-state index in [2.05, 4.69) is 31.2 Å². The molecule has 1 unspecified atom stereocenters. The number of rotatable bonds is 8. The minimum absolute atomic E-state index is 0.0359. The number of aromatic nitrogens is 2. The highest BCUT2D eigenvalue weighted by atomic mass is 79.9. The van der Waals surface area contributed by atoms with Gasteiger partial charge in [0.1, 0.15) is 12.4 Å². The first-order valence-electron chi connectivity index (χ1n) is 9.37. The van der Waals surface area contributed by atoms with Crippen LogP contribution in [0, 0.1) is 0 Å². The van der Waals surface area contributed by atoms with E-state index in [0.717, 1.165) is 26.6 Å². The summed E-state index contributed by atoms with van der Waals surface area (Å²) in [4.78, 5) is 20.6. The molecule has 0 spiro atoms. The smallest absolute Gasteiger partial charge is 0.306 e. The summed E-state index contributed by atoms with van der Waals surface area (Å²) in [6.45, 7) is 1.87. The van der Waals surface area contributed by atoms with Crippen molar-refractivity contribution < 1.29 is 14.6 Å². The van der Waals surface area contributed by atoms with E-state index >= 15 is 0 Å². The molecule has 0 saturated heterocycles. The third-order valence-electron chi connectivity index (χ3n) is 4.40. The van der Waals surface area contributed by atoms with Gasteiger partial charge < -0.3 is 20.9 Å². The number of halogens is 1. The fourth-order valence-corrected chi connectivity index (χ4v) is 3.10. The summed E-state index contributed by atoms with van der Waals surface area (Å²) in [7, 11) is 0. The highest BCUT2D eigenvalue weighted by Crippen LogP contribution is 2.25. The Kier molecular flexibility index (Phi) is 7.00. The van der Waals surface area contributed by atoms with E-state index in [1.54, 1.807) is 0 Å². The van der Waals surface area contributed by atoms with Gasteiger partial charge in [-0.05, 0) is 48.7 Å². The van der Waals surface area contributed by atoms with Gasteiger partial charge in [-0.15, -0.1) is 0 Å². The average molecular weight is 459 g/mol. The average Bonchev–Trinajstić information content (AvgIpc) is 2.71. The number of hydrogen-bond donors (Lipinski definition) is 3. The molecule has 29 heavy (non-hydrogen) atoms. The lowest BCUT2D eigenvalue weighted by molar-refractivity contribution is -0.146. The number of anilines is 3. The Hall–Kier alpha value is -2.71. The van der Waals surface area contributed by atoms with E-state index in [4.69, 9.17) is 10.5 Å². The number of nitrogens with zero attached hydrogens (tertiary/aromatic N) is 2. The fourth-order valence-electron chi connectivity index (χ4n) is 2.74. The maximum atomic E-state index is 11.8. The number of carbonyl (C=O) groups excluding carboxylic acids is 1. The molecule has 8 heteroatoms. The second-order valence-corrected chi connectivity index (χ2v) is 7.58. The molecule has 0 saturated carbocycles. The molecule has 0 radical (unpaired) electrons. The van der Waals surface area contributed by atoms with E-state index in [0.29, 0.717) is 24.6 Å². The lowest BCUT2D eigenvalue weighted by Gasteiger charge is -2.10. The quantitative estimate of drug-likeness (QED) is 0.438. The van der Waals surface area contributed by atoms with Gasteiger partial charge in [-0.2, -0.15) is 4.98 Å². The minimum Gasteiger partial charge on any atom is -0.463 e. The zero-order valence-corrected chi connectivity index (χ0v) is 17.6. The molecule has 3 aromatic rings. The molecule has 3 rings (SSSR count). The lowest BCUT2D eigenvalue weighted by atomic mass is 10.1. The number of nitrogens with one attached hydrogen (secondary N) is 1. The molecule has 0 aliphatic rings. The third kappa shape index (κ3) is 5.88. The van der Waals surface area contributed by atoms with Crippen LogP contribution in [0.1, 0.15) is 25.3 Å². The van der Waals surface area contributed by atoms with Crippen LogP contribution in [0.2, 0.25) is 0 Å². The number of carbonyl (C=O) groups is 1. The molecular formula is C21H23BrN4O3. The number of fused-ring (bicyclic) bond motifs is 1. The number of hydrogen-bond acceptors (Lipinski definition) is 7. The number of nitrogens with two attached hydrogens (primary N) is 1. The van der Waals surface area contributed by atoms with Gasteiger partial charge in [0.2, 0.25) is 5.95 Å². The van der Waals surface area contributed by atoms with Crippen LogP contribution in [-0.2, 0) is 16.0 Å². The van der Waals surface area contributed by atoms with Crippen molar-refractivity contribution in [2.75, 3.05) is 17.7 Å². The summed E-state index contributed by atoms with van der Waals surface area (Å²) in [5.74, 6) is 0.474. The molecular weight excluding hydrogens is 436 g/mol. The van der Waals surface area contributed by atoms with E-state index in [-0.39, 0.29) is 19.0 Å². The fraction of sp³-hybridized carbons (Fsp3) is 0.286. The molecule has 1 aromatic heterocycles. The highest BCUT2D eigenvalue weighted by molar-refractivity contribution is 9.10. The lowest BCUT2D eigenvalue weighted by Crippen LogP contribution is -2.17. The van der Waals surface area contributed by atoms with Crippen molar-refractivity contribution in [1.29, 1.82) is 0 Å². The number of nitrogen functional groups attached to an aromatic ring is 1. The first-order valence-corrected chi connectivity index (χ1v) is 10.2. The molecule has 4 N–H and O–H groups in total. The van der Waals surface area contributed by atoms with Crippen molar-refractivity contribution in [1.82, 2.24) is 9.97 Å². The van der Waals surface area contributed by atoms with Crippen LogP contribution in [0.15, 0.2) is 46.9 Å². The van der Waals surface area contributed by atoms with Gasteiger partial charge in [0.25, 0.3) is 0 Å². The zero-order valence-electron chi connectivity index (χ0n) is 16.1. The van der Waals surface area contributed by atoms with Crippen molar-refractivity contribution in [2.24, 2.45) is 0 Å². The monoisotopic (exact) mass is 458 g/mol. The van der Waals surface area contributed by atoms with Gasteiger partial charge in [-0.25, -0.2) is 4.98 Å². The van der Waals surface area contributed by atoms with Gasteiger partial charge in [0.15, 0.2) is 0 Å². The predicted molar refractivity (Wildman–Crippen MR) is 117 cm³/mol. The Bertz CT molecular complexity index is 1010. The van der Waals surface area contributed by atoms with Crippen molar-refractivity contribution in [3.8, 4) is 0 Å². The first kappa shape index (κ1) is 21.0. The summed E-state index contributed by atoms with van der Waals surface area (Å²) >= 11 is 3.42. The summed E-state index contributed by atoms with van der Waals surface area (Å²) in [5.41, 5.74) is 8.59. The second kappa shape index (κ2) is 9.67. The maximum absolute atomic E-state index is 11.8. The van der Waals surface area contributed by atoms with Crippen LogP contribution in [-0.4, -0.2) is 33.8 Å². The minimum atomic E-state index is -0.609. The molecule has 0 aliphatic carbocycles. The number of aliphatic hydroxyl groups is 1. The Morgan fingerprint density at radius 2 is 2.10 bits per heavy atom. The summed E-state index contributed by atoms with van der Waals surface area (Å²) in [6, 6.07) is 13.3. The predicted octanol–water partition coefficient (Wildman–Crippen LogP) is 3.96. The van der Waals surface area contributed by atoms with E-state index in [1.165, 1.54) is 0 Å². The van der Waals surface area contributed by atoms with Crippen molar-refractivity contribution in [2.45, 2.75) is 32.3 Å². The third-order valence-corrected chi connectivity index (χ3v) is 4.89. The van der Waals surface area contributed by atoms with Crippen LogP contribution in [0.25, 0.3) is 10.9 Å². The SMILES string of the molecule is CCC(O)COC(=O)CCc1cccc(Nc2nc(N)c3cc(Br)ccc3n2)c1. The van der Waals surface area contributed by atoms with E-state index < -0.39 is 6.10 Å². The number of aryl methyl sites for hydroxylation is 1. The van der Waals surface area contributed by atoms with Gasteiger partial charge in [-0.3, -0.25) is 4.79 Å². The van der Waals surface area contributed by atoms with Gasteiger partial charge in [-0.1, -0.05) is 35.0 Å². The number of benzene rings is 2. The zero-order chi connectivity index (χ0) is 20.8. The number of ether oxygens (including phenoxy) is 1.